The van der Waals surface area contributed by atoms with Crippen LogP contribution in [0.1, 0.15) is 51.0 Å². The Labute approximate surface area is 151 Å². The topological polar surface area (TPSA) is 44.4 Å². The maximum absolute atomic E-state index is 12.5. The van der Waals surface area contributed by atoms with E-state index in [0.717, 1.165) is 25.9 Å². The summed E-state index contributed by atoms with van der Waals surface area (Å²) in [4.78, 5) is 15.0. The summed E-state index contributed by atoms with van der Waals surface area (Å²) in [6.45, 7) is 4.23. The van der Waals surface area contributed by atoms with Crippen molar-refractivity contribution in [3.8, 4) is 0 Å². The molecule has 4 atom stereocenters. The first kappa shape index (κ1) is 17.0. The lowest BCUT2D eigenvalue weighted by molar-refractivity contribution is -0.122. The van der Waals surface area contributed by atoms with Crippen LogP contribution in [0.15, 0.2) is 30.3 Å². The molecule has 0 spiro atoms. The van der Waals surface area contributed by atoms with Crippen molar-refractivity contribution in [2.45, 2.75) is 76.2 Å². The van der Waals surface area contributed by atoms with Gasteiger partial charge in [0.25, 0.3) is 0 Å². The number of rotatable bonds is 5. The van der Waals surface area contributed by atoms with Crippen LogP contribution in [0.5, 0.6) is 0 Å². The number of hydrogen-bond donors (Lipinski definition) is 2. The SMILES string of the molecule is CC1CC(NC(=O)CC2CC3CCC(C2)N3)CN1Cc1ccccc1. The maximum Gasteiger partial charge on any atom is 0.220 e. The first-order chi connectivity index (χ1) is 12.2. The van der Waals surface area contributed by atoms with Gasteiger partial charge in [0, 0.05) is 43.7 Å². The maximum atomic E-state index is 12.5. The van der Waals surface area contributed by atoms with Crippen LogP contribution in [-0.2, 0) is 11.3 Å². The average Bonchev–Trinajstić information content (AvgIpc) is 3.10. The van der Waals surface area contributed by atoms with E-state index in [-0.39, 0.29) is 5.91 Å². The van der Waals surface area contributed by atoms with Crippen molar-refractivity contribution in [3.05, 3.63) is 35.9 Å². The number of nitrogens with zero attached hydrogens (tertiary/aromatic N) is 1. The molecule has 0 saturated carbocycles. The molecule has 2 N–H and O–H groups in total. The largest absolute Gasteiger partial charge is 0.352 e. The minimum Gasteiger partial charge on any atom is -0.352 e. The third kappa shape index (κ3) is 4.24. The van der Waals surface area contributed by atoms with E-state index in [2.05, 4.69) is 52.8 Å². The van der Waals surface area contributed by atoms with Crippen molar-refractivity contribution in [1.29, 1.82) is 0 Å². The molecule has 4 unspecified atom stereocenters. The summed E-state index contributed by atoms with van der Waals surface area (Å²) in [7, 11) is 0. The van der Waals surface area contributed by atoms with Gasteiger partial charge in [-0.3, -0.25) is 9.69 Å². The number of nitrogens with one attached hydrogen (secondary N) is 2. The number of piperidine rings is 1. The van der Waals surface area contributed by atoms with Crippen molar-refractivity contribution in [1.82, 2.24) is 15.5 Å². The summed E-state index contributed by atoms with van der Waals surface area (Å²) in [6.07, 6.45) is 6.76. The van der Waals surface area contributed by atoms with E-state index in [0.29, 0.717) is 30.1 Å². The molecule has 3 aliphatic rings. The molecule has 4 nitrogen and oxygen atoms in total. The first-order valence-corrected chi connectivity index (χ1v) is 9.99. The second-order valence-corrected chi connectivity index (χ2v) is 8.44. The Morgan fingerprint density at radius 2 is 1.88 bits per heavy atom. The molecule has 3 fully saturated rings. The van der Waals surface area contributed by atoms with Gasteiger partial charge >= 0.3 is 0 Å². The van der Waals surface area contributed by atoms with Crippen molar-refractivity contribution in [2.24, 2.45) is 5.92 Å². The second-order valence-electron chi connectivity index (χ2n) is 8.44. The van der Waals surface area contributed by atoms with E-state index in [4.69, 9.17) is 0 Å². The van der Waals surface area contributed by atoms with Crippen molar-refractivity contribution >= 4 is 5.91 Å². The first-order valence-electron chi connectivity index (χ1n) is 9.99. The summed E-state index contributed by atoms with van der Waals surface area (Å²) in [6, 6.07) is 12.8. The number of carbonyl (C=O) groups excluding carboxylic acids is 1. The van der Waals surface area contributed by atoms with Gasteiger partial charge in [-0.2, -0.15) is 0 Å². The standard InChI is InChI=1S/C21H31N3O/c1-15-9-20(14-24(15)13-16-5-3-2-4-6-16)23-21(25)12-17-10-18-7-8-19(11-17)22-18/h2-6,15,17-20,22H,7-14H2,1H3,(H,23,25). The van der Waals surface area contributed by atoms with Gasteiger partial charge in [-0.05, 0) is 50.5 Å². The van der Waals surface area contributed by atoms with Gasteiger partial charge in [-0.25, -0.2) is 0 Å². The predicted octanol–water partition coefficient (Wildman–Crippen LogP) is 2.69. The van der Waals surface area contributed by atoms with Crippen LogP contribution in [-0.4, -0.2) is 41.5 Å². The Bertz CT molecular complexity index is 578. The molecule has 136 valence electrons. The van der Waals surface area contributed by atoms with E-state index in [9.17, 15) is 4.79 Å². The normalized spacial score (nSPS) is 35.0. The number of hydrogen-bond acceptors (Lipinski definition) is 3. The molecule has 3 aliphatic heterocycles. The third-order valence-electron chi connectivity index (χ3n) is 6.34. The lowest BCUT2D eigenvalue weighted by atomic mass is 9.89. The highest BCUT2D eigenvalue weighted by Gasteiger charge is 2.35. The Hall–Kier alpha value is -1.39. The highest BCUT2D eigenvalue weighted by atomic mass is 16.1. The van der Waals surface area contributed by atoms with Gasteiger partial charge < -0.3 is 10.6 Å². The van der Waals surface area contributed by atoms with Crippen molar-refractivity contribution < 1.29 is 4.79 Å². The van der Waals surface area contributed by atoms with Crippen LogP contribution in [0.3, 0.4) is 0 Å². The summed E-state index contributed by atoms with van der Waals surface area (Å²) in [5, 5.41) is 6.98. The summed E-state index contributed by atoms with van der Waals surface area (Å²) >= 11 is 0. The van der Waals surface area contributed by atoms with Gasteiger partial charge in [-0.15, -0.1) is 0 Å². The van der Waals surface area contributed by atoms with E-state index in [1.807, 2.05) is 0 Å². The quantitative estimate of drug-likeness (QED) is 0.865. The lowest BCUT2D eigenvalue weighted by Gasteiger charge is -2.29. The molecule has 2 bridgehead atoms. The van der Waals surface area contributed by atoms with Crippen LogP contribution in [0, 0.1) is 5.92 Å². The molecule has 25 heavy (non-hydrogen) atoms. The minimum absolute atomic E-state index is 0.269. The monoisotopic (exact) mass is 341 g/mol. The molecule has 0 radical (unpaired) electrons. The Morgan fingerprint density at radius 3 is 2.60 bits per heavy atom. The zero-order chi connectivity index (χ0) is 17.2. The molecule has 0 aliphatic carbocycles. The van der Waals surface area contributed by atoms with Gasteiger partial charge in [0.1, 0.15) is 0 Å². The van der Waals surface area contributed by atoms with E-state index >= 15 is 0 Å². The molecule has 1 aromatic rings. The Balaban J connectivity index is 1.25. The smallest absolute Gasteiger partial charge is 0.220 e. The zero-order valence-electron chi connectivity index (χ0n) is 15.3. The highest BCUT2D eigenvalue weighted by Crippen LogP contribution is 2.32. The van der Waals surface area contributed by atoms with Crippen LogP contribution in [0.25, 0.3) is 0 Å². The number of amides is 1. The molecular formula is C21H31N3O. The van der Waals surface area contributed by atoms with Gasteiger partial charge in [0.2, 0.25) is 5.91 Å². The third-order valence-corrected chi connectivity index (χ3v) is 6.34. The second kappa shape index (κ2) is 7.46. The van der Waals surface area contributed by atoms with Crippen LogP contribution >= 0.6 is 0 Å². The lowest BCUT2D eigenvalue weighted by Crippen LogP contribution is -2.42. The number of carbonyl (C=O) groups is 1. The van der Waals surface area contributed by atoms with E-state index < -0.39 is 0 Å². The van der Waals surface area contributed by atoms with Gasteiger partial charge in [0.15, 0.2) is 0 Å². The fourth-order valence-electron chi connectivity index (χ4n) is 5.13. The van der Waals surface area contributed by atoms with Crippen LogP contribution in [0.4, 0.5) is 0 Å². The van der Waals surface area contributed by atoms with Crippen LogP contribution < -0.4 is 10.6 Å². The highest BCUT2D eigenvalue weighted by molar-refractivity contribution is 5.76. The number of fused-ring (bicyclic) bond motifs is 2. The minimum atomic E-state index is 0.269. The fraction of sp³-hybridized carbons (Fsp3) is 0.667. The predicted molar refractivity (Wildman–Crippen MR) is 100 cm³/mol. The molecule has 4 rings (SSSR count). The van der Waals surface area contributed by atoms with E-state index in [1.165, 1.54) is 31.2 Å². The van der Waals surface area contributed by atoms with Crippen molar-refractivity contribution in [2.75, 3.05) is 6.54 Å². The summed E-state index contributed by atoms with van der Waals surface area (Å²) in [5.41, 5.74) is 1.35. The molecule has 1 amide bonds. The molecular weight excluding hydrogens is 310 g/mol. The van der Waals surface area contributed by atoms with Gasteiger partial charge in [-0.1, -0.05) is 30.3 Å². The molecule has 3 heterocycles. The fourth-order valence-corrected chi connectivity index (χ4v) is 5.13. The molecule has 0 aromatic heterocycles. The van der Waals surface area contributed by atoms with Crippen LogP contribution in [0.2, 0.25) is 0 Å². The van der Waals surface area contributed by atoms with Gasteiger partial charge in [0.05, 0.1) is 0 Å². The molecule has 4 heteroatoms. The number of likely N-dealkylation sites (tertiary alicyclic amines) is 1. The number of benzene rings is 1. The summed E-state index contributed by atoms with van der Waals surface area (Å²) in [5.74, 6) is 0.850. The summed E-state index contributed by atoms with van der Waals surface area (Å²) < 4.78 is 0. The van der Waals surface area contributed by atoms with E-state index in [1.54, 1.807) is 0 Å². The average molecular weight is 341 g/mol. The zero-order valence-corrected chi connectivity index (χ0v) is 15.3. The Kier molecular flexibility index (Phi) is 5.09. The Morgan fingerprint density at radius 1 is 1.16 bits per heavy atom. The molecule has 3 saturated heterocycles. The van der Waals surface area contributed by atoms with Crippen molar-refractivity contribution in [3.63, 3.8) is 0 Å². The molecule has 1 aromatic carbocycles.